The molecule has 0 aliphatic rings. The van der Waals surface area contributed by atoms with Crippen molar-refractivity contribution in [1.82, 2.24) is 4.98 Å². The Morgan fingerprint density at radius 1 is 1.39 bits per heavy atom. The van der Waals surface area contributed by atoms with Gasteiger partial charge in [-0.1, -0.05) is 6.07 Å². The van der Waals surface area contributed by atoms with Gasteiger partial charge < -0.3 is 9.52 Å². The number of carbonyl (C=O) groups is 1. The highest BCUT2D eigenvalue weighted by Crippen LogP contribution is 2.30. The maximum atomic E-state index is 11.1. The van der Waals surface area contributed by atoms with E-state index >= 15 is 0 Å². The number of aromatic carboxylic acids is 1. The van der Waals surface area contributed by atoms with Gasteiger partial charge in [-0.05, 0) is 30.0 Å². The SMILES string of the molecule is Cc1cscc1-c1nc2c(C(=O)O)cccc2o1. The lowest BCUT2D eigenvalue weighted by Crippen LogP contribution is -1.96. The van der Waals surface area contributed by atoms with E-state index in [4.69, 9.17) is 9.52 Å². The minimum Gasteiger partial charge on any atom is -0.478 e. The highest BCUT2D eigenvalue weighted by molar-refractivity contribution is 7.08. The van der Waals surface area contributed by atoms with Crippen LogP contribution in [-0.2, 0) is 0 Å². The van der Waals surface area contributed by atoms with Crippen molar-refractivity contribution in [1.29, 1.82) is 0 Å². The second-order valence-electron chi connectivity index (χ2n) is 3.94. The summed E-state index contributed by atoms with van der Waals surface area (Å²) in [6, 6.07) is 4.90. The Morgan fingerprint density at radius 2 is 2.22 bits per heavy atom. The first-order valence-electron chi connectivity index (χ1n) is 5.33. The van der Waals surface area contributed by atoms with Crippen LogP contribution in [0.3, 0.4) is 0 Å². The van der Waals surface area contributed by atoms with Crippen molar-refractivity contribution in [2.75, 3.05) is 0 Å². The number of para-hydroxylation sites is 1. The van der Waals surface area contributed by atoms with Crippen LogP contribution in [0.15, 0.2) is 33.4 Å². The molecule has 3 rings (SSSR count). The van der Waals surface area contributed by atoms with Gasteiger partial charge in [0.05, 0.1) is 11.1 Å². The smallest absolute Gasteiger partial charge is 0.338 e. The summed E-state index contributed by atoms with van der Waals surface area (Å²) in [6.45, 7) is 1.97. The van der Waals surface area contributed by atoms with Crippen LogP contribution in [0.1, 0.15) is 15.9 Å². The number of carboxylic acid groups (broad SMARTS) is 1. The van der Waals surface area contributed by atoms with E-state index in [-0.39, 0.29) is 5.56 Å². The van der Waals surface area contributed by atoms with E-state index in [1.54, 1.807) is 23.5 Å². The largest absolute Gasteiger partial charge is 0.478 e. The van der Waals surface area contributed by atoms with Crippen LogP contribution in [0.2, 0.25) is 0 Å². The summed E-state index contributed by atoms with van der Waals surface area (Å²) in [6.07, 6.45) is 0. The summed E-state index contributed by atoms with van der Waals surface area (Å²) in [5, 5.41) is 13.0. The Kier molecular flexibility index (Phi) is 2.41. The maximum absolute atomic E-state index is 11.1. The van der Waals surface area contributed by atoms with Crippen molar-refractivity contribution in [3.05, 3.63) is 40.1 Å². The van der Waals surface area contributed by atoms with Crippen LogP contribution in [0.25, 0.3) is 22.6 Å². The lowest BCUT2D eigenvalue weighted by molar-refractivity contribution is 0.0699. The number of benzene rings is 1. The summed E-state index contributed by atoms with van der Waals surface area (Å²) in [5.74, 6) is -0.528. The summed E-state index contributed by atoms with van der Waals surface area (Å²) in [5.41, 5.74) is 3.03. The number of carboxylic acids is 1. The molecule has 3 aromatic rings. The monoisotopic (exact) mass is 259 g/mol. The molecule has 0 spiro atoms. The van der Waals surface area contributed by atoms with Crippen LogP contribution in [-0.4, -0.2) is 16.1 Å². The van der Waals surface area contributed by atoms with Gasteiger partial charge >= 0.3 is 5.97 Å². The fraction of sp³-hybridized carbons (Fsp3) is 0.0769. The molecular formula is C13H9NO3S. The van der Waals surface area contributed by atoms with Crippen molar-refractivity contribution >= 4 is 28.4 Å². The quantitative estimate of drug-likeness (QED) is 0.764. The Balaban J connectivity index is 2.26. The third-order valence-corrected chi connectivity index (χ3v) is 3.60. The summed E-state index contributed by atoms with van der Waals surface area (Å²) < 4.78 is 5.62. The molecule has 1 aromatic carbocycles. The van der Waals surface area contributed by atoms with Crippen LogP contribution in [0, 0.1) is 6.92 Å². The first-order chi connectivity index (χ1) is 8.66. The molecule has 0 unspecified atom stereocenters. The molecule has 5 heteroatoms. The normalized spacial score (nSPS) is 10.9. The zero-order valence-corrected chi connectivity index (χ0v) is 10.3. The van der Waals surface area contributed by atoms with Crippen molar-refractivity contribution < 1.29 is 14.3 Å². The van der Waals surface area contributed by atoms with Gasteiger partial charge in [-0.2, -0.15) is 11.3 Å². The number of thiophene rings is 1. The van der Waals surface area contributed by atoms with Gasteiger partial charge in [0.15, 0.2) is 5.58 Å². The fourth-order valence-electron chi connectivity index (χ4n) is 1.82. The third-order valence-electron chi connectivity index (χ3n) is 2.74. The molecule has 0 saturated carbocycles. The topological polar surface area (TPSA) is 63.3 Å². The van der Waals surface area contributed by atoms with Crippen LogP contribution in [0.5, 0.6) is 0 Å². The number of aromatic nitrogens is 1. The number of rotatable bonds is 2. The Labute approximate surface area is 107 Å². The Bertz CT molecular complexity index is 742. The predicted octanol–water partition coefficient (Wildman–Crippen LogP) is 3.56. The van der Waals surface area contributed by atoms with Gasteiger partial charge in [0.25, 0.3) is 0 Å². The molecule has 1 N–H and O–H groups in total. The second-order valence-corrected chi connectivity index (χ2v) is 4.69. The van der Waals surface area contributed by atoms with Crippen LogP contribution >= 0.6 is 11.3 Å². The second kappa shape index (κ2) is 3.96. The standard InChI is InChI=1S/C13H9NO3S/c1-7-5-18-6-9(7)12-14-11-8(13(15)16)3-2-4-10(11)17-12/h2-6H,1H3,(H,15,16). The van der Waals surface area contributed by atoms with E-state index in [9.17, 15) is 4.79 Å². The third kappa shape index (κ3) is 1.60. The molecular weight excluding hydrogens is 250 g/mol. The molecule has 0 radical (unpaired) electrons. The number of aryl methyl sites for hydroxylation is 1. The van der Waals surface area contributed by atoms with Gasteiger partial charge in [0, 0.05) is 5.38 Å². The molecule has 0 saturated heterocycles. The zero-order chi connectivity index (χ0) is 12.7. The molecule has 0 atom stereocenters. The van der Waals surface area contributed by atoms with E-state index in [0.29, 0.717) is 17.0 Å². The van der Waals surface area contributed by atoms with Crippen LogP contribution < -0.4 is 0 Å². The number of oxazole rings is 1. The van der Waals surface area contributed by atoms with Crippen molar-refractivity contribution in [3.63, 3.8) is 0 Å². The molecule has 4 nitrogen and oxygen atoms in total. The highest BCUT2D eigenvalue weighted by atomic mass is 32.1. The van der Waals surface area contributed by atoms with Gasteiger partial charge in [-0.15, -0.1) is 0 Å². The minimum absolute atomic E-state index is 0.162. The molecule has 18 heavy (non-hydrogen) atoms. The fourth-order valence-corrected chi connectivity index (χ4v) is 2.64. The molecule has 2 heterocycles. The maximum Gasteiger partial charge on any atom is 0.338 e. The minimum atomic E-state index is -0.998. The lowest BCUT2D eigenvalue weighted by atomic mass is 10.2. The van der Waals surface area contributed by atoms with E-state index < -0.39 is 5.97 Å². The zero-order valence-electron chi connectivity index (χ0n) is 9.51. The van der Waals surface area contributed by atoms with E-state index in [1.807, 2.05) is 17.7 Å². The van der Waals surface area contributed by atoms with Crippen molar-refractivity contribution in [2.24, 2.45) is 0 Å². The number of fused-ring (bicyclic) bond motifs is 1. The van der Waals surface area contributed by atoms with Crippen LogP contribution in [0.4, 0.5) is 0 Å². The average Bonchev–Trinajstić information content (AvgIpc) is 2.92. The molecule has 90 valence electrons. The molecule has 0 aliphatic carbocycles. The van der Waals surface area contributed by atoms with E-state index in [0.717, 1.165) is 11.1 Å². The van der Waals surface area contributed by atoms with Gasteiger partial charge in [0.1, 0.15) is 5.52 Å². The lowest BCUT2D eigenvalue weighted by Gasteiger charge is -1.92. The molecule has 2 aromatic heterocycles. The molecule has 0 fully saturated rings. The van der Waals surface area contributed by atoms with E-state index in [2.05, 4.69) is 4.98 Å². The number of hydrogen-bond acceptors (Lipinski definition) is 4. The summed E-state index contributed by atoms with van der Waals surface area (Å²) >= 11 is 1.57. The average molecular weight is 259 g/mol. The molecule has 0 aliphatic heterocycles. The van der Waals surface area contributed by atoms with Gasteiger partial charge in [-0.3, -0.25) is 0 Å². The molecule has 0 amide bonds. The molecule has 0 bridgehead atoms. The first kappa shape index (κ1) is 11.0. The van der Waals surface area contributed by atoms with E-state index in [1.165, 1.54) is 6.07 Å². The highest BCUT2D eigenvalue weighted by Gasteiger charge is 2.16. The van der Waals surface area contributed by atoms with Crippen molar-refractivity contribution in [2.45, 2.75) is 6.92 Å². The first-order valence-corrected chi connectivity index (χ1v) is 6.27. The summed E-state index contributed by atoms with van der Waals surface area (Å²) in [7, 11) is 0. The predicted molar refractivity (Wildman–Crippen MR) is 69.0 cm³/mol. The Morgan fingerprint density at radius 3 is 2.89 bits per heavy atom. The Hall–Kier alpha value is -2.14. The van der Waals surface area contributed by atoms with Crippen molar-refractivity contribution in [3.8, 4) is 11.5 Å². The van der Waals surface area contributed by atoms with Gasteiger partial charge in [-0.25, -0.2) is 9.78 Å². The van der Waals surface area contributed by atoms with Gasteiger partial charge in [0.2, 0.25) is 5.89 Å². The number of hydrogen-bond donors (Lipinski definition) is 1. The summed E-state index contributed by atoms with van der Waals surface area (Å²) in [4.78, 5) is 15.4. The number of nitrogens with zero attached hydrogens (tertiary/aromatic N) is 1.